The van der Waals surface area contributed by atoms with Crippen LogP contribution in [0.5, 0.6) is 0 Å². The van der Waals surface area contributed by atoms with Crippen molar-refractivity contribution in [2.24, 2.45) is 0 Å². The fourth-order valence-corrected chi connectivity index (χ4v) is 3.01. The summed E-state index contributed by atoms with van der Waals surface area (Å²) in [4.78, 5) is 14.3. The van der Waals surface area contributed by atoms with E-state index < -0.39 is 4.92 Å². The van der Waals surface area contributed by atoms with Crippen molar-refractivity contribution < 1.29 is 4.92 Å². The molecule has 0 aliphatic carbocycles. The molecule has 82 valence electrons. The van der Waals surface area contributed by atoms with Gasteiger partial charge in [-0.25, -0.2) is 4.98 Å². The second-order valence-corrected chi connectivity index (χ2v) is 5.37. The number of aromatic nitrogens is 1. The number of halogens is 1. The fraction of sp³-hybridized carbons (Fsp3) is 0. The fourth-order valence-electron chi connectivity index (χ4n) is 1.04. The Morgan fingerprint density at radius 1 is 1.44 bits per heavy atom. The maximum Gasteiger partial charge on any atom is 0.301 e. The zero-order chi connectivity index (χ0) is 11.5. The average Bonchev–Trinajstić information content (AvgIpc) is 2.70. The summed E-state index contributed by atoms with van der Waals surface area (Å²) >= 11 is 8.46. The normalized spacial score (nSPS) is 10.3. The Bertz CT molecular complexity index is 516. The lowest BCUT2D eigenvalue weighted by atomic mass is 10.4. The van der Waals surface area contributed by atoms with Crippen LogP contribution in [-0.2, 0) is 0 Å². The third-order valence-corrected chi connectivity index (χ3v) is 3.94. The molecule has 0 fully saturated rings. The third-order valence-electron chi connectivity index (χ3n) is 1.70. The summed E-state index contributed by atoms with van der Waals surface area (Å²) < 4.78 is 0.942. The van der Waals surface area contributed by atoms with E-state index in [-0.39, 0.29) is 10.8 Å². The predicted molar refractivity (Wildman–Crippen MR) is 64.3 cm³/mol. The lowest BCUT2D eigenvalue weighted by Gasteiger charge is -2.00. The van der Waals surface area contributed by atoms with E-state index in [2.05, 4.69) is 4.98 Å². The van der Waals surface area contributed by atoms with Crippen molar-refractivity contribution in [1.29, 1.82) is 0 Å². The Morgan fingerprint density at radius 2 is 2.25 bits per heavy atom. The number of nitro groups is 1. The number of rotatable bonds is 3. The van der Waals surface area contributed by atoms with Gasteiger partial charge in [0, 0.05) is 6.07 Å². The molecule has 2 aromatic heterocycles. The first-order valence-electron chi connectivity index (χ1n) is 4.19. The number of thiophene rings is 1. The number of hydrogen-bond donors (Lipinski definition) is 0. The van der Waals surface area contributed by atoms with Crippen molar-refractivity contribution in [2.75, 3.05) is 0 Å². The molecule has 0 aromatic carbocycles. The standard InChI is InChI=1S/C9H5ClN2O2S2/c10-7-4-3-6(12(13)14)9(11-7)16-8-2-1-5-15-8/h1-5H. The molecule has 0 atom stereocenters. The molecule has 2 aromatic rings. The molecular weight excluding hydrogens is 268 g/mol. The molecule has 0 saturated carbocycles. The van der Waals surface area contributed by atoms with Crippen LogP contribution in [0.25, 0.3) is 0 Å². The zero-order valence-corrected chi connectivity index (χ0v) is 10.2. The van der Waals surface area contributed by atoms with Gasteiger partial charge in [0.15, 0.2) is 5.03 Å². The van der Waals surface area contributed by atoms with Crippen LogP contribution in [0.2, 0.25) is 5.15 Å². The van der Waals surface area contributed by atoms with Gasteiger partial charge in [0.1, 0.15) is 5.15 Å². The van der Waals surface area contributed by atoms with Gasteiger partial charge in [-0.05, 0) is 17.5 Å². The van der Waals surface area contributed by atoms with Gasteiger partial charge in [-0.1, -0.05) is 29.4 Å². The Morgan fingerprint density at radius 3 is 2.88 bits per heavy atom. The minimum Gasteiger partial charge on any atom is -0.258 e. The summed E-state index contributed by atoms with van der Waals surface area (Å²) in [6, 6.07) is 6.54. The second kappa shape index (κ2) is 4.82. The van der Waals surface area contributed by atoms with Gasteiger partial charge in [0.25, 0.3) is 0 Å². The molecule has 4 nitrogen and oxygen atoms in total. The van der Waals surface area contributed by atoms with Crippen molar-refractivity contribution in [1.82, 2.24) is 4.98 Å². The molecule has 0 radical (unpaired) electrons. The highest BCUT2D eigenvalue weighted by Gasteiger charge is 2.17. The quantitative estimate of drug-likeness (QED) is 0.484. The molecule has 16 heavy (non-hydrogen) atoms. The average molecular weight is 273 g/mol. The van der Waals surface area contributed by atoms with E-state index in [1.807, 2.05) is 17.5 Å². The summed E-state index contributed by atoms with van der Waals surface area (Å²) in [6.07, 6.45) is 0. The van der Waals surface area contributed by atoms with Gasteiger partial charge in [-0.15, -0.1) is 11.3 Å². The van der Waals surface area contributed by atoms with Crippen molar-refractivity contribution in [3.05, 3.63) is 44.9 Å². The highest BCUT2D eigenvalue weighted by atomic mass is 35.5. The van der Waals surface area contributed by atoms with E-state index in [0.29, 0.717) is 5.03 Å². The minimum atomic E-state index is -0.459. The Labute approximate surface area is 104 Å². The lowest BCUT2D eigenvalue weighted by Crippen LogP contribution is -1.93. The molecule has 0 amide bonds. The van der Waals surface area contributed by atoms with Crippen LogP contribution in [0, 0.1) is 10.1 Å². The van der Waals surface area contributed by atoms with Crippen molar-refractivity contribution in [2.45, 2.75) is 9.24 Å². The van der Waals surface area contributed by atoms with Crippen LogP contribution in [0.3, 0.4) is 0 Å². The highest BCUT2D eigenvalue weighted by molar-refractivity contribution is 8.01. The second-order valence-electron chi connectivity index (χ2n) is 2.75. The molecule has 0 unspecified atom stereocenters. The topological polar surface area (TPSA) is 56.0 Å². The van der Waals surface area contributed by atoms with E-state index in [1.54, 1.807) is 0 Å². The molecule has 0 bridgehead atoms. The number of nitrogens with zero attached hydrogens (tertiary/aromatic N) is 2. The molecule has 0 aliphatic rings. The first kappa shape index (κ1) is 11.4. The predicted octanol–water partition coefficient (Wildman–Crippen LogP) is 3.86. The lowest BCUT2D eigenvalue weighted by molar-refractivity contribution is -0.388. The van der Waals surface area contributed by atoms with Crippen LogP contribution >= 0.6 is 34.7 Å². The first-order chi connectivity index (χ1) is 7.66. The summed E-state index contributed by atoms with van der Waals surface area (Å²) in [5.41, 5.74) is -0.0252. The molecule has 0 spiro atoms. The Hall–Kier alpha value is -1.11. The van der Waals surface area contributed by atoms with Crippen molar-refractivity contribution in [3.8, 4) is 0 Å². The van der Waals surface area contributed by atoms with E-state index in [9.17, 15) is 10.1 Å². The van der Waals surface area contributed by atoms with E-state index in [4.69, 9.17) is 11.6 Å². The van der Waals surface area contributed by atoms with Gasteiger partial charge in [0.05, 0.1) is 9.13 Å². The molecule has 7 heteroatoms. The van der Waals surface area contributed by atoms with Gasteiger partial charge in [0.2, 0.25) is 0 Å². The molecule has 2 rings (SSSR count). The SMILES string of the molecule is O=[N+]([O-])c1ccc(Cl)nc1Sc1cccs1. The van der Waals surface area contributed by atoms with Crippen molar-refractivity contribution >= 4 is 40.4 Å². The summed E-state index contributed by atoms with van der Waals surface area (Å²) in [5, 5.41) is 13.2. The molecule has 0 N–H and O–H groups in total. The highest BCUT2D eigenvalue weighted by Crippen LogP contribution is 2.36. The Balaban J connectivity index is 2.38. The number of hydrogen-bond acceptors (Lipinski definition) is 5. The summed E-state index contributed by atoms with van der Waals surface area (Å²) in [5.74, 6) is 0. The molecule has 0 aliphatic heterocycles. The smallest absolute Gasteiger partial charge is 0.258 e. The van der Waals surface area contributed by atoms with Crippen LogP contribution < -0.4 is 0 Å². The zero-order valence-electron chi connectivity index (χ0n) is 7.79. The van der Waals surface area contributed by atoms with Gasteiger partial charge in [-0.3, -0.25) is 10.1 Å². The summed E-state index contributed by atoms with van der Waals surface area (Å²) in [7, 11) is 0. The number of pyridine rings is 1. The third kappa shape index (κ3) is 2.52. The van der Waals surface area contributed by atoms with E-state index in [1.165, 1.54) is 35.2 Å². The largest absolute Gasteiger partial charge is 0.301 e. The molecule has 2 heterocycles. The van der Waals surface area contributed by atoms with Crippen LogP contribution in [-0.4, -0.2) is 9.91 Å². The van der Waals surface area contributed by atoms with Gasteiger partial charge in [-0.2, -0.15) is 0 Å². The molecular formula is C9H5ClN2O2S2. The van der Waals surface area contributed by atoms with E-state index >= 15 is 0 Å². The van der Waals surface area contributed by atoms with Crippen LogP contribution in [0.15, 0.2) is 38.9 Å². The molecule has 0 saturated heterocycles. The van der Waals surface area contributed by atoms with E-state index in [0.717, 1.165) is 4.21 Å². The van der Waals surface area contributed by atoms with Gasteiger partial charge < -0.3 is 0 Å². The summed E-state index contributed by atoms with van der Waals surface area (Å²) in [6.45, 7) is 0. The minimum absolute atomic E-state index is 0.0252. The van der Waals surface area contributed by atoms with Crippen molar-refractivity contribution in [3.63, 3.8) is 0 Å². The van der Waals surface area contributed by atoms with Gasteiger partial charge >= 0.3 is 5.69 Å². The van der Waals surface area contributed by atoms with Crippen LogP contribution in [0.1, 0.15) is 0 Å². The van der Waals surface area contributed by atoms with Crippen LogP contribution in [0.4, 0.5) is 5.69 Å². The maximum absolute atomic E-state index is 10.8. The first-order valence-corrected chi connectivity index (χ1v) is 6.26. The maximum atomic E-state index is 10.8. The monoisotopic (exact) mass is 272 g/mol. The Kier molecular flexibility index (Phi) is 3.42.